The highest BCUT2D eigenvalue weighted by Gasteiger charge is 2.35. The zero-order valence-corrected chi connectivity index (χ0v) is 14.2. The Morgan fingerprint density at radius 1 is 1.29 bits per heavy atom. The number of aliphatic hydroxyl groups excluding tert-OH is 1. The molecule has 0 spiro atoms. The van der Waals surface area contributed by atoms with Gasteiger partial charge in [-0.05, 0) is 37.8 Å². The lowest BCUT2D eigenvalue weighted by molar-refractivity contribution is 0.155. The van der Waals surface area contributed by atoms with Crippen LogP contribution in [0.15, 0.2) is 24.4 Å². The Kier molecular flexibility index (Phi) is 5.68. The number of carbonyl (C=O) groups is 1. The number of aromatic nitrogens is 1. The number of amides is 2. The van der Waals surface area contributed by atoms with E-state index in [-0.39, 0.29) is 18.7 Å². The summed E-state index contributed by atoms with van der Waals surface area (Å²) in [5, 5.41) is 15.7. The van der Waals surface area contributed by atoms with E-state index in [4.69, 9.17) is 0 Å². The van der Waals surface area contributed by atoms with Gasteiger partial charge in [-0.2, -0.15) is 0 Å². The van der Waals surface area contributed by atoms with E-state index in [1.165, 1.54) is 0 Å². The van der Waals surface area contributed by atoms with Crippen molar-refractivity contribution in [3.63, 3.8) is 0 Å². The minimum Gasteiger partial charge on any atom is -0.394 e. The van der Waals surface area contributed by atoms with Crippen molar-refractivity contribution in [2.75, 3.05) is 19.7 Å². The number of nitrogens with one attached hydrogen (secondary N) is 2. The number of hydrogen-bond donors (Lipinski definition) is 3. The summed E-state index contributed by atoms with van der Waals surface area (Å²) in [6, 6.07) is 6.08. The molecule has 2 fully saturated rings. The molecule has 1 saturated carbocycles. The van der Waals surface area contributed by atoms with E-state index in [2.05, 4.69) is 20.5 Å². The summed E-state index contributed by atoms with van der Waals surface area (Å²) in [5.41, 5.74) is 0.691. The van der Waals surface area contributed by atoms with Gasteiger partial charge in [0.1, 0.15) is 0 Å². The van der Waals surface area contributed by atoms with Crippen LogP contribution in [0.4, 0.5) is 4.79 Å². The van der Waals surface area contributed by atoms with Crippen molar-refractivity contribution in [2.24, 2.45) is 0 Å². The number of urea groups is 1. The summed E-state index contributed by atoms with van der Waals surface area (Å²) in [6.07, 6.45) is 7.63. The molecule has 1 aromatic rings. The molecule has 132 valence electrons. The number of rotatable bonds is 5. The largest absolute Gasteiger partial charge is 0.394 e. The molecule has 2 amide bonds. The van der Waals surface area contributed by atoms with E-state index in [0.717, 1.165) is 63.9 Å². The van der Waals surface area contributed by atoms with Crippen molar-refractivity contribution >= 4 is 6.03 Å². The van der Waals surface area contributed by atoms with Gasteiger partial charge in [-0.25, -0.2) is 4.79 Å². The first-order chi connectivity index (χ1) is 11.7. The second-order valence-corrected chi connectivity index (χ2v) is 7.12. The summed E-state index contributed by atoms with van der Waals surface area (Å²) in [4.78, 5) is 19.0. The van der Waals surface area contributed by atoms with Crippen LogP contribution < -0.4 is 10.6 Å². The topological polar surface area (TPSA) is 77.5 Å². The number of pyridine rings is 1. The minimum atomic E-state index is -0.399. The Morgan fingerprint density at radius 3 is 2.67 bits per heavy atom. The van der Waals surface area contributed by atoms with Gasteiger partial charge in [-0.3, -0.25) is 9.88 Å². The van der Waals surface area contributed by atoms with Gasteiger partial charge >= 0.3 is 6.03 Å². The van der Waals surface area contributed by atoms with Crippen LogP contribution in [0.25, 0.3) is 0 Å². The van der Waals surface area contributed by atoms with Crippen molar-refractivity contribution in [3.05, 3.63) is 30.1 Å². The summed E-state index contributed by atoms with van der Waals surface area (Å²) >= 11 is 0. The molecule has 2 heterocycles. The Labute approximate surface area is 143 Å². The van der Waals surface area contributed by atoms with Crippen molar-refractivity contribution < 1.29 is 9.90 Å². The first-order valence-corrected chi connectivity index (χ1v) is 9.01. The highest BCUT2D eigenvalue weighted by Crippen LogP contribution is 2.29. The zero-order valence-electron chi connectivity index (χ0n) is 14.2. The molecule has 1 saturated heterocycles. The monoisotopic (exact) mass is 332 g/mol. The van der Waals surface area contributed by atoms with E-state index in [0.29, 0.717) is 0 Å². The normalized spacial score (nSPS) is 21.5. The molecule has 0 atom stereocenters. The zero-order chi connectivity index (χ0) is 16.8. The summed E-state index contributed by atoms with van der Waals surface area (Å²) < 4.78 is 0. The molecule has 1 aliphatic carbocycles. The van der Waals surface area contributed by atoms with Crippen LogP contribution in [0.2, 0.25) is 0 Å². The average molecular weight is 332 g/mol. The second kappa shape index (κ2) is 7.94. The molecule has 3 N–H and O–H groups in total. The van der Waals surface area contributed by atoms with Gasteiger partial charge in [0.2, 0.25) is 0 Å². The molecule has 3 rings (SSSR count). The van der Waals surface area contributed by atoms with Gasteiger partial charge in [0, 0.05) is 31.9 Å². The van der Waals surface area contributed by atoms with Crippen LogP contribution in [0.3, 0.4) is 0 Å². The van der Waals surface area contributed by atoms with Gasteiger partial charge in [-0.15, -0.1) is 0 Å². The van der Waals surface area contributed by atoms with Crippen molar-refractivity contribution in [3.8, 4) is 0 Å². The van der Waals surface area contributed by atoms with Crippen molar-refractivity contribution in [1.82, 2.24) is 20.5 Å². The fraction of sp³-hybridized carbons (Fsp3) is 0.667. The molecule has 6 nitrogen and oxygen atoms in total. The van der Waals surface area contributed by atoms with E-state index in [1.807, 2.05) is 24.4 Å². The predicted molar refractivity (Wildman–Crippen MR) is 92.5 cm³/mol. The van der Waals surface area contributed by atoms with Crippen LogP contribution in [-0.4, -0.2) is 52.3 Å². The predicted octanol–water partition coefficient (Wildman–Crippen LogP) is 1.65. The Bertz CT molecular complexity index is 523. The quantitative estimate of drug-likeness (QED) is 0.766. The third-order valence-corrected chi connectivity index (χ3v) is 5.28. The summed E-state index contributed by atoms with van der Waals surface area (Å²) in [5.74, 6) is 0. The average Bonchev–Trinajstić information content (AvgIpc) is 3.06. The lowest BCUT2D eigenvalue weighted by Crippen LogP contribution is -2.55. The van der Waals surface area contributed by atoms with Crippen LogP contribution in [-0.2, 0) is 6.54 Å². The Morgan fingerprint density at radius 2 is 2.04 bits per heavy atom. The van der Waals surface area contributed by atoms with E-state index < -0.39 is 5.54 Å². The maximum absolute atomic E-state index is 12.2. The van der Waals surface area contributed by atoms with Gasteiger partial charge < -0.3 is 15.7 Å². The van der Waals surface area contributed by atoms with Gasteiger partial charge in [0.25, 0.3) is 0 Å². The Hall–Kier alpha value is -1.66. The molecular weight excluding hydrogens is 304 g/mol. The van der Waals surface area contributed by atoms with Crippen LogP contribution in [0.5, 0.6) is 0 Å². The SMILES string of the molecule is O=C(NC1CCN(Cc2ccccn2)CC1)NC1(CO)CCCC1. The van der Waals surface area contributed by atoms with Crippen molar-refractivity contribution in [1.29, 1.82) is 0 Å². The molecular formula is C18H28N4O2. The lowest BCUT2D eigenvalue weighted by Gasteiger charge is -2.34. The van der Waals surface area contributed by atoms with Crippen LogP contribution >= 0.6 is 0 Å². The third kappa shape index (κ3) is 4.45. The first-order valence-electron chi connectivity index (χ1n) is 9.01. The maximum atomic E-state index is 12.2. The molecule has 2 aliphatic rings. The van der Waals surface area contributed by atoms with Crippen LogP contribution in [0.1, 0.15) is 44.2 Å². The number of piperidine rings is 1. The van der Waals surface area contributed by atoms with E-state index in [9.17, 15) is 9.90 Å². The number of nitrogens with zero attached hydrogens (tertiary/aromatic N) is 2. The lowest BCUT2D eigenvalue weighted by atomic mass is 9.99. The molecule has 1 aromatic heterocycles. The van der Waals surface area contributed by atoms with Gasteiger partial charge in [0.05, 0.1) is 17.8 Å². The number of aliphatic hydroxyl groups is 1. The molecule has 0 radical (unpaired) electrons. The highest BCUT2D eigenvalue weighted by atomic mass is 16.3. The molecule has 0 aromatic carbocycles. The standard InChI is InChI=1S/C18H28N4O2/c23-14-18(8-2-3-9-18)21-17(24)20-15-6-11-22(12-7-15)13-16-5-1-4-10-19-16/h1,4-5,10,15,23H,2-3,6-9,11-14H2,(H2,20,21,24). The minimum absolute atomic E-state index is 0.0307. The third-order valence-electron chi connectivity index (χ3n) is 5.28. The van der Waals surface area contributed by atoms with E-state index in [1.54, 1.807) is 0 Å². The fourth-order valence-corrected chi connectivity index (χ4v) is 3.79. The summed E-state index contributed by atoms with van der Waals surface area (Å²) in [6.45, 7) is 2.83. The smallest absolute Gasteiger partial charge is 0.315 e. The van der Waals surface area contributed by atoms with Gasteiger partial charge in [0.15, 0.2) is 0 Å². The molecule has 0 bridgehead atoms. The molecule has 1 aliphatic heterocycles. The number of likely N-dealkylation sites (tertiary alicyclic amines) is 1. The Balaban J connectivity index is 1.41. The second-order valence-electron chi connectivity index (χ2n) is 7.12. The highest BCUT2D eigenvalue weighted by molar-refractivity contribution is 5.75. The van der Waals surface area contributed by atoms with Crippen molar-refractivity contribution in [2.45, 2.75) is 56.7 Å². The molecule has 0 unspecified atom stereocenters. The number of hydrogen-bond acceptors (Lipinski definition) is 4. The van der Waals surface area contributed by atoms with Crippen LogP contribution in [0, 0.1) is 0 Å². The first kappa shape index (κ1) is 17.2. The molecule has 6 heteroatoms. The fourth-order valence-electron chi connectivity index (χ4n) is 3.79. The summed E-state index contributed by atoms with van der Waals surface area (Å²) in [7, 11) is 0. The van der Waals surface area contributed by atoms with Gasteiger partial charge in [-0.1, -0.05) is 18.9 Å². The number of carbonyl (C=O) groups excluding carboxylic acids is 1. The maximum Gasteiger partial charge on any atom is 0.315 e. The van der Waals surface area contributed by atoms with E-state index >= 15 is 0 Å². The molecule has 24 heavy (non-hydrogen) atoms.